The van der Waals surface area contributed by atoms with Crippen LogP contribution >= 0.6 is 38.9 Å². The first-order valence-electron chi connectivity index (χ1n) is 4.42. The third-order valence-corrected chi connectivity index (χ3v) is 3.78. The Morgan fingerprint density at radius 2 is 2.25 bits per heavy atom. The Kier molecular flexibility index (Phi) is 3.49. The number of hydrogen-bond donors (Lipinski definition) is 2. The fourth-order valence-corrected chi connectivity index (χ4v) is 2.60. The Balaban J connectivity index is 2.40. The third-order valence-electron chi connectivity index (χ3n) is 2.06. The van der Waals surface area contributed by atoms with Gasteiger partial charge in [0.15, 0.2) is 5.13 Å². The zero-order chi connectivity index (χ0) is 11.7. The number of aliphatic hydroxyl groups is 1. The molecular formula is C10H8BrClN2OS. The predicted octanol–water partition coefficient (Wildman–Crippen LogP) is 3.22. The lowest BCUT2D eigenvalue weighted by Gasteiger charge is -2.10. The van der Waals surface area contributed by atoms with Crippen LogP contribution in [0.2, 0.25) is 5.02 Å². The van der Waals surface area contributed by atoms with Crippen LogP contribution in [0.15, 0.2) is 28.9 Å². The maximum Gasteiger partial charge on any atom is 0.180 e. The number of rotatable bonds is 2. The summed E-state index contributed by atoms with van der Waals surface area (Å²) in [5, 5.41) is 11.1. The summed E-state index contributed by atoms with van der Waals surface area (Å²) in [5.41, 5.74) is 6.16. The molecule has 1 unspecified atom stereocenters. The maximum absolute atomic E-state index is 10.1. The van der Waals surface area contributed by atoms with Crippen molar-refractivity contribution in [1.29, 1.82) is 0 Å². The number of halogens is 2. The molecule has 0 aliphatic heterocycles. The Morgan fingerprint density at radius 3 is 2.88 bits per heavy atom. The molecule has 1 aromatic carbocycles. The Morgan fingerprint density at radius 1 is 1.50 bits per heavy atom. The monoisotopic (exact) mass is 318 g/mol. The number of benzene rings is 1. The first kappa shape index (κ1) is 11.9. The average Bonchev–Trinajstić information content (AvgIpc) is 2.67. The summed E-state index contributed by atoms with van der Waals surface area (Å²) < 4.78 is 0.864. The summed E-state index contributed by atoms with van der Waals surface area (Å²) in [4.78, 5) is 4.58. The van der Waals surface area contributed by atoms with Gasteiger partial charge < -0.3 is 10.8 Å². The van der Waals surface area contributed by atoms with E-state index in [1.54, 1.807) is 18.3 Å². The first-order valence-corrected chi connectivity index (χ1v) is 6.41. The van der Waals surface area contributed by atoms with Crippen LogP contribution < -0.4 is 5.73 Å². The van der Waals surface area contributed by atoms with E-state index in [-0.39, 0.29) is 0 Å². The van der Waals surface area contributed by atoms with E-state index in [1.807, 2.05) is 6.07 Å². The molecule has 6 heteroatoms. The van der Waals surface area contributed by atoms with Gasteiger partial charge in [-0.3, -0.25) is 0 Å². The largest absolute Gasteiger partial charge is 0.383 e. The van der Waals surface area contributed by atoms with E-state index in [4.69, 9.17) is 17.3 Å². The molecule has 1 atom stereocenters. The molecule has 1 aromatic heterocycles. The topological polar surface area (TPSA) is 59.1 Å². The molecule has 0 bridgehead atoms. The minimum atomic E-state index is -0.792. The summed E-state index contributed by atoms with van der Waals surface area (Å²) in [6.45, 7) is 0. The number of hydrogen-bond acceptors (Lipinski definition) is 4. The molecule has 0 amide bonds. The van der Waals surface area contributed by atoms with Crippen molar-refractivity contribution < 1.29 is 5.11 Å². The Hall–Kier alpha value is -0.620. The Bertz CT molecular complexity index is 517. The highest BCUT2D eigenvalue weighted by atomic mass is 79.9. The molecule has 2 aromatic rings. The zero-order valence-electron chi connectivity index (χ0n) is 8.02. The molecular weight excluding hydrogens is 312 g/mol. The van der Waals surface area contributed by atoms with Gasteiger partial charge in [-0.1, -0.05) is 38.9 Å². The van der Waals surface area contributed by atoms with Crippen LogP contribution in [0.4, 0.5) is 5.13 Å². The molecule has 0 aliphatic rings. The molecule has 0 saturated heterocycles. The number of aromatic nitrogens is 1. The highest BCUT2D eigenvalue weighted by Gasteiger charge is 2.16. The Labute approximate surface area is 110 Å². The van der Waals surface area contributed by atoms with Crippen molar-refractivity contribution in [3.8, 4) is 0 Å². The molecule has 0 aliphatic carbocycles. The molecule has 1 heterocycles. The van der Waals surface area contributed by atoms with E-state index >= 15 is 0 Å². The second kappa shape index (κ2) is 4.71. The summed E-state index contributed by atoms with van der Waals surface area (Å²) in [6.07, 6.45) is 0.766. The first-order chi connectivity index (χ1) is 7.58. The van der Waals surface area contributed by atoms with Gasteiger partial charge in [-0.15, -0.1) is 0 Å². The predicted molar refractivity (Wildman–Crippen MR) is 69.7 cm³/mol. The summed E-state index contributed by atoms with van der Waals surface area (Å²) >= 11 is 10.6. The van der Waals surface area contributed by atoms with Crippen LogP contribution in [-0.4, -0.2) is 10.1 Å². The average molecular weight is 320 g/mol. The normalized spacial score (nSPS) is 12.7. The maximum atomic E-state index is 10.1. The SMILES string of the molecule is Nc1ncc(C(O)c2cc(Br)ccc2Cl)s1. The molecule has 84 valence electrons. The molecule has 3 N–H and O–H groups in total. The molecule has 0 saturated carbocycles. The van der Waals surface area contributed by atoms with Crippen LogP contribution in [0.5, 0.6) is 0 Å². The highest BCUT2D eigenvalue weighted by Crippen LogP contribution is 2.33. The molecule has 0 spiro atoms. The van der Waals surface area contributed by atoms with Gasteiger partial charge in [0.25, 0.3) is 0 Å². The molecule has 2 rings (SSSR count). The van der Waals surface area contributed by atoms with Gasteiger partial charge in [-0.25, -0.2) is 4.98 Å². The molecule has 0 fully saturated rings. The van der Waals surface area contributed by atoms with Gasteiger partial charge >= 0.3 is 0 Å². The molecule has 3 nitrogen and oxygen atoms in total. The lowest BCUT2D eigenvalue weighted by Crippen LogP contribution is -1.98. The van der Waals surface area contributed by atoms with E-state index in [2.05, 4.69) is 20.9 Å². The minimum Gasteiger partial charge on any atom is -0.383 e. The van der Waals surface area contributed by atoms with Crippen LogP contribution in [0, 0.1) is 0 Å². The van der Waals surface area contributed by atoms with Gasteiger partial charge in [-0.2, -0.15) is 0 Å². The van der Waals surface area contributed by atoms with E-state index < -0.39 is 6.10 Å². The van der Waals surface area contributed by atoms with Crippen molar-refractivity contribution in [1.82, 2.24) is 4.98 Å². The van der Waals surface area contributed by atoms with E-state index in [0.29, 0.717) is 20.6 Å². The quantitative estimate of drug-likeness (QED) is 0.893. The van der Waals surface area contributed by atoms with Gasteiger partial charge in [0.2, 0.25) is 0 Å². The summed E-state index contributed by atoms with van der Waals surface area (Å²) in [5.74, 6) is 0. The van der Waals surface area contributed by atoms with Crippen LogP contribution in [0.25, 0.3) is 0 Å². The number of nitrogens with two attached hydrogens (primary N) is 1. The fourth-order valence-electron chi connectivity index (χ4n) is 1.30. The number of nitrogen functional groups attached to an aromatic ring is 1. The molecule has 0 radical (unpaired) electrons. The number of aliphatic hydroxyl groups excluding tert-OH is 1. The van der Waals surface area contributed by atoms with Gasteiger partial charge in [0.1, 0.15) is 6.10 Å². The van der Waals surface area contributed by atoms with Crippen LogP contribution in [0.1, 0.15) is 16.5 Å². The lowest BCUT2D eigenvalue weighted by atomic mass is 10.1. The number of nitrogens with zero attached hydrogens (tertiary/aromatic N) is 1. The van der Waals surface area contributed by atoms with Crippen LogP contribution in [0.3, 0.4) is 0 Å². The van der Waals surface area contributed by atoms with E-state index in [0.717, 1.165) is 4.47 Å². The van der Waals surface area contributed by atoms with Gasteiger partial charge in [-0.05, 0) is 18.2 Å². The van der Waals surface area contributed by atoms with Crippen molar-refractivity contribution in [2.75, 3.05) is 5.73 Å². The van der Waals surface area contributed by atoms with Gasteiger partial charge in [0.05, 0.1) is 4.88 Å². The van der Waals surface area contributed by atoms with Gasteiger partial charge in [0, 0.05) is 21.3 Å². The smallest absolute Gasteiger partial charge is 0.180 e. The van der Waals surface area contributed by atoms with Crippen molar-refractivity contribution in [2.24, 2.45) is 0 Å². The van der Waals surface area contributed by atoms with Crippen molar-refractivity contribution in [2.45, 2.75) is 6.10 Å². The summed E-state index contributed by atoms with van der Waals surface area (Å²) in [6, 6.07) is 5.33. The van der Waals surface area contributed by atoms with Crippen molar-refractivity contribution >= 4 is 44.0 Å². The second-order valence-corrected chi connectivity index (χ2v) is 5.59. The summed E-state index contributed by atoms with van der Waals surface area (Å²) in [7, 11) is 0. The van der Waals surface area contributed by atoms with Crippen LogP contribution in [-0.2, 0) is 0 Å². The minimum absolute atomic E-state index is 0.431. The van der Waals surface area contributed by atoms with Crippen molar-refractivity contribution in [3.05, 3.63) is 44.3 Å². The van der Waals surface area contributed by atoms with E-state index in [1.165, 1.54) is 11.3 Å². The lowest BCUT2D eigenvalue weighted by molar-refractivity contribution is 0.224. The second-order valence-electron chi connectivity index (χ2n) is 3.17. The fraction of sp³-hybridized carbons (Fsp3) is 0.100. The standard InChI is InChI=1S/C10H8BrClN2OS/c11-5-1-2-7(12)6(3-5)9(15)8-4-14-10(13)16-8/h1-4,9,15H,(H2,13,14). The van der Waals surface area contributed by atoms with Crippen molar-refractivity contribution in [3.63, 3.8) is 0 Å². The number of anilines is 1. The zero-order valence-corrected chi connectivity index (χ0v) is 11.2. The van der Waals surface area contributed by atoms with E-state index in [9.17, 15) is 5.11 Å². The highest BCUT2D eigenvalue weighted by molar-refractivity contribution is 9.10. The number of thiazole rings is 1. The third kappa shape index (κ3) is 2.38. The molecule has 16 heavy (non-hydrogen) atoms.